The summed E-state index contributed by atoms with van der Waals surface area (Å²) >= 11 is 1.60. The van der Waals surface area contributed by atoms with E-state index in [-0.39, 0.29) is 23.6 Å². The third-order valence-corrected chi connectivity index (χ3v) is 5.60. The van der Waals surface area contributed by atoms with Gasteiger partial charge in [-0.3, -0.25) is 9.59 Å². The van der Waals surface area contributed by atoms with E-state index >= 15 is 0 Å². The van der Waals surface area contributed by atoms with Crippen LogP contribution >= 0.6 is 11.3 Å². The first-order valence-corrected chi connectivity index (χ1v) is 10.3. The Morgan fingerprint density at radius 2 is 1.67 bits per heavy atom. The normalized spacial score (nSPS) is 11.6. The maximum absolute atomic E-state index is 12.9. The first-order valence-electron chi connectivity index (χ1n) is 9.46. The average Bonchev–Trinajstić information content (AvgIpc) is 3.47. The maximum Gasteiger partial charge on any atom is 0.291 e. The van der Waals surface area contributed by atoms with E-state index in [2.05, 4.69) is 10.6 Å². The topological polar surface area (TPSA) is 71.3 Å². The van der Waals surface area contributed by atoms with Gasteiger partial charge in [0, 0.05) is 16.1 Å². The summed E-state index contributed by atoms with van der Waals surface area (Å²) in [5.41, 5.74) is 3.29. The summed E-state index contributed by atoms with van der Waals surface area (Å²) in [6.07, 6.45) is 1.44. The minimum absolute atomic E-state index is 0.183. The molecule has 2 aromatic carbocycles. The molecule has 0 bridgehead atoms. The van der Waals surface area contributed by atoms with E-state index in [9.17, 15) is 9.59 Å². The van der Waals surface area contributed by atoms with E-state index in [1.165, 1.54) is 11.8 Å². The van der Waals surface area contributed by atoms with Gasteiger partial charge in [-0.1, -0.05) is 35.9 Å². The lowest BCUT2D eigenvalue weighted by Crippen LogP contribution is -2.28. The molecule has 2 aromatic heterocycles. The van der Waals surface area contributed by atoms with E-state index in [0.29, 0.717) is 11.3 Å². The summed E-state index contributed by atoms with van der Waals surface area (Å²) in [5.74, 6) is -0.291. The zero-order valence-electron chi connectivity index (χ0n) is 16.3. The lowest BCUT2D eigenvalue weighted by atomic mass is 10.0. The molecule has 0 spiro atoms. The second kappa shape index (κ2) is 8.80. The van der Waals surface area contributed by atoms with Crippen LogP contribution in [0.2, 0.25) is 0 Å². The number of nitrogens with one attached hydrogen (secondary N) is 2. The van der Waals surface area contributed by atoms with Gasteiger partial charge in [0.15, 0.2) is 5.76 Å². The van der Waals surface area contributed by atoms with Crippen LogP contribution in [-0.2, 0) is 0 Å². The summed E-state index contributed by atoms with van der Waals surface area (Å²) in [7, 11) is 0. The molecule has 4 rings (SSSR count). The highest BCUT2D eigenvalue weighted by atomic mass is 32.1. The van der Waals surface area contributed by atoms with Crippen LogP contribution in [0.5, 0.6) is 0 Å². The minimum atomic E-state index is -0.339. The summed E-state index contributed by atoms with van der Waals surface area (Å²) < 4.78 is 5.08. The molecule has 0 aliphatic heterocycles. The number of thiophene rings is 1. The fourth-order valence-electron chi connectivity index (χ4n) is 3.05. The molecule has 6 heteroatoms. The Labute approximate surface area is 178 Å². The van der Waals surface area contributed by atoms with Gasteiger partial charge in [0.25, 0.3) is 11.8 Å². The number of carbonyl (C=O) groups is 2. The molecule has 1 atom stereocenters. The van der Waals surface area contributed by atoms with Crippen molar-refractivity contribution in [1.82, 2.24) is 5.32 Å². The summed E-state index contributed by atoms with van der Waals surface area (Å²) in [4.78, 5) is 26.0. The molecule has 4 aromatic rings. The van der Waals surface area contributed by atoms with Crippen molar-refractivity contribution in [2.45, 2.75) is 13.0 Å². The van der Waals surface area contributed by atoms with Crippen LogP contribution in [0.25, 0.3) is 0 Å². The second-order valence-electron chi connectivity index (χ2n) is 6.84. The number of anilines is 1. The summed E-state index contributed by atoms with van der Waals surface area (Å²) in [6, 6.07) is 21.9. The molecule has 150 valence electrons. The zero-order chi connectivity index (χ0) is 20.9. The van der Waals surface area contributed by atoms with E-state index in [0.717, 1.165) is 10.4 Å². The Morgan fingerprint density at radius 3 is 2.30 bits per heavy atom. The van der Waals surface area contributed by atoms with E-state index in [4.69, 9.17) is 4.42 Å². The van der Waals surface area contributed by atoms with Crippen LogP contribution in [0.15, 0.2) is 88.9 Å². The predicted octanol–water partition coefficient (Wildman–Crippen LogP) is 5.42. The lowest BCUT2D eigenvalue weighted by Gasteiger charge is -2.18. The number of amides is 2. The van der Waals surface area contributed by atoms with Gasteiger partial charge >= 0.3 is 0 Å². The van der Waals surface area contributed by atoms with Gasteiger partial charge in [0.2, 0.25) is 0 Å². The Balaban J connectivity index is 1.48. The van der Waals surface area contributed by atoms with Crippen molar-refractivity contribution in [2.75, 3.05) is 5.32 Å². The van der Waals surface area contributed by atoms with Gasteiger partial charge in [-0.05, 0) is 60.3 Å². The number of hydrogen-bond acceptors (Lipinski definition) is 4. The Hall–Kier alpha value is -3.64. The molecule has 0 saturated carbocycles. The van der Waals surface area contributed by atoms with Crippen molar-refractivity contribution in [3.63, 3.8) is 0 Å². The number of benzene rings is 2. The van der Waals surface area contributed by atoms with Crippen molar-refractivity contribution in [1.29, 1.82) is 0 Å². The van der Waals surface area contributed by atoms with Gasteiger partial charge in [-0.25, -0.2) is 0 Å². The van der Waals surface area contributed by atoms with Crippen LogP contribution in [0, 0.1) is 6.92 Å². The highest BCUT2D eigenvalue weighted by molar-refractivity contribution is 7.10. The van der Waals surface area contributed by atoms with E-state index < -0.39 is 0 Å². The Morgan fingerprint density at radius 1 is 0.900 bits per heavy atom. The molecule has 0 fully saturated rings. The monoisotopic (exact) mass is 416 g/mol. The number of aryl methyl sites for hydroxylation is 1. The van der Waals surface area contributed by atoms with E-state index in [1.807, 2.05) is 48.7 Å². The van der Waals surface area contributed by atoms with Gasteiger partial charge < -0.3 is 15.1 Å². The third kappa shape index (κ3) is 4.50. The van der Waals surface area contributed by atoms with Gasteiger partial charge in [0.05, 0.1) is 12.3 Å². The fourth-order valence-corrected chi connectivity index (χ4v) is 3.86. The zero-order valence-corrected chi connectivity index (χ0v) is 17.1. The fraction of sp³-hybridized carbons (Fsp3) is 0.0833. The first-order chi connectivity index (χ1) is 14.6. The van der Waals surface area contributed by atoms with Gasteiger partial charge in [-0.2, -0.15) is 0 Å². The van der Waals surface area contributed by atoms with Gasteiger partial charge in [0.1, 0.15) is 0 Å². The van der Waals surface area contributed by atoms with Crippen molar-refractivity contribution >= 4 is 28.8 Å². The maximum atomic E-state index is 12.9. The molecule has 0 radical (unpaired) electrons. The number of hydrogen-bond donors (Lipinski definition) is 2. The van der Waals surface area contributed by atoms with E-state index in [1.54, 1.807) is 47.7 Å². The highest BCUT2D eigenvalue weighted by Gasteiger charge is 2.19. The molecular weight excluding hydrogens is 396 g/mol. The second-order valence-corrected chi connectivity index (χ2v) is 7.82. The van der Waals surface area contributed by atoms with Crippen LogP contribution in [0.3, 0.4) is 0 Å². The molecule has 0 saturated heterocycles. The molecule has 2 heterocycles. The first kappa shape index (κ1) is 19.7. The van der Waals surface area contributed by atoms with Crippen LogP contribution in [0.4, 0.5) is 5.69 Å². The van der Waals surface area contributed by atoms with Crippen molar-refractivity contribution in [3.05, 3.63) is 112 Å². The molecule has 1 unspecified atom stereocenters. The van der Waals surface area contributed by atoms with Crippen LogP contribution in [-0.4, -0.2) is 11.8 Å². The quantitative estimate of drug-likeness (QED) is 0.441. The minimum Gasteiger partial charge on any atom is -0.459 e. The molecule has 5 nitrogen and oxygen atoms in total. The molecule has 2 amide bonds. The van der Waals surface area contributed by atoms with Crippen molar-refractivity contribution in [2.24, 2.45) is 0 Å². The van der Waals surface area contributed by atoms with Crippen LogP contribution < -0.4 is 10.6 Å². The van der Waals surface area contributed by atoms with Crippen molar-refractivity contribution in [3.8, 4) is 0 Å². The standard InChI is InChI=1S/C24H20N2O3S/c1-16-6-8-17(9-7-16)22(21-5-3-15-30-21)26-23(27)18-10-12-19(13-11-18)25-24(28)20-4-2-14-29-20/h2-15,22H,1H3,(H,25,28)(H,26,27). The number of carbonyl (C=O) groups excluding carboxylic acids is 2. The molecule has 0 aliphatic rings. The predicted molar refractivity (Wildman–Crippen MR) is 118 cm³/mol. The molecule has 30 heavy (non-hydrogen) atoms. The Bertz CT molecular complexity index is 1120. The molecule has 0 aliphatic carbocycles. The Kier molecular flexibility index (Phi) is 5.77. The largest absolute Gasteiger partial charge is 0.459 e. The highest BCUT2D eigenvalue weighted by Crippen LogP contribution is 2.27. The van der Waals surface area contributed by atoms with Crippen molar-refractivity contribution < 1.29 is 14.0 Å². The SMILES string of the molecule is Cc1ccc(C(NC(=O)c2ccc(NC(=O)c3ccco3)cc2)c2cccs2)cc1. The van der Waals surface area contributed by atoms with Crippen LogP contribution in [0.1, 0.15) is 43.0 Å². The molecular formula is C24H20N2O3S. The summed E-state index contributed by atoms with van der Waals surface area (Å²) in [6.45, 7) is 2.04. The van der Waals surface area contributed by atoms with Gasteiger partial charge in [-0.15, -0.1) is 11.3 Å². The summed E-state index contributed by atoms with van der Waals surface area (Å²) in [5, 5.41) is 7.86. The number of rotatable bonds is 6. The lowest BCUT2D eigenvalue weighted by molar-refractivity contribution is 0.0942. The number of furan rings is 1. The molecule has 2 N–H and O–H groups in total. The third-order valence-electron chi connectivity index (χ3n) is 4.66. The smallest absolute Gasteiger partial charge is 0.291 e. The average molecular weight is 417 g/mol.